The molecule has 0 spiro atoms. The first-order chi connectivity index (χ1) is 10.0. The molecule has 0 saturated carbocycles. The zero-order valence-electron chi connectivity index (χ0n) is 12.5. The standard InChI is InChI=1S/C13H24N4O4/c1-14-12(19)10-16-4-2-15(8-9-18)3-5-17(7-6-16)11-13(20)21/h9H,2-8,10-11H2,1H3,(H,14,19)(H,20,21). The molecule has 2 N–H and O–H groups in total. The van der Waals surface area contributed by atoms with Gasteiger partial charge in [-0.15, -0.1) is 0 Å². The van der Waals surface area contributed by atoms with E-state index in [0.717, 1.165) is 6.29 Å². The number of carboxylic acids is 1. The van der Waals surface area contributed by atoms with Gasteiger partial charge < -0.3 is 15.2 Å². The Balaban J connectivity index is 2.65. The molecule has 0 aromatic rings. The third-order valence-corrected chi connectivity index (χ3v) is 3.54. The van der Waals surface area contributed by atoms with Crippen LogP contribution in [0.1, 0.15) is 0 Å². The molecule has 1 saturated heterocycles. The summed E-state index contributed by atoms with van der Waals surface area (Å²) in [6.45, 7) is 4.45. The smallest absolute Gasteiger partial charge is 0.317 e. The van der Waals surface area contributed by atoms with E-state index in [9.17, 15) is 14.4 Å². The number of aldehydes is 1. The first-order valence-electron chi connectivity index (χ1n) is 7.08. The summed E-state index contributed by atoms with van der Waals surface area (Å²) in [7, 11) is 1.59. The lowest BCUT2D eigenvalue weighted by atomic mass is 10.4. The van der Waals surface area contributed by atoms with Gasteiger partial charge in [0, 0.05) is 46.3 Å². The zero-order chi connectivity index (χ0) is 15.7. The number of hydrogen-bond acceptors (Lipinski definition) is 6. The van der Waals surface area contributed by atoms with E-state index >= 15 is 0 Å². The summed E-state index contributed by atoms with van der Waals surface area (Å²) in [5.41, 5.74) is 0. The van der Waals surface area contributed by atoms with Crippen molar-refractivity contribution in [1.82, 2.24) is 20.0 Å². The van der Waals surface area contributed by atoms with Gasteiger partial charge in [-0.1, -0.05) is 0 Å². The van der Waals surface area contributed by atoms with E-state index in [4.69, 9.17) is 5.11 Å². The largest absolute Gasteiger partial charge is 0.480 e. The Bertz CT molecular complexity index is 364. The second-order valence-corrected chi connectivity index (χ2v) is 5.09. The van der Waals surface area contributed by atoms with E-state index in [2.05, 4.69) is 5.32 Å². The Kier molecular flexibility index (Phi) is 7.88. The zero-order valence-corrected chi connectivity index (χ0v) is 12.5. The summed E-state index contributed by atoms with van der Waals surface area (Å²) < 4.78 is 0. The van der Waals surface area contributed by atoms with Crippen LogP contribution in [-0.2, 0) is 14.4 Å². The van der Waals surface area contributed by atoms with Crippen LogP contribution < -0.4 is 5.32 Å². The predicted octanol–water partition coefficient (Wildman–Crippen LogP) is -2.06. The Morgan fingerprint density at radius 1 is 1.00 bits per heavy atom. The summed E-state index contributed by atoms with van der Waals surface area (Å²) in [6.07, 6.45) is 0.850. The molecule has 0 radical (unpaired) electrons. The minimum absolute atomic E-state index is 0.0251. The third kappa shape index (κ3) is 7.16. The van der Waals surface area contributed by atoms with Crippen LogP contribution in [0.2, 0.25) is 0 Å². The summed E-state index contributed by atoms with van der Waals surface area (Å²) in [4.78, 5) is 38.9. The van der Waals surface area contributed by atoms with Crippen LogP contribution in [0.3, 0.4) is 0 Å². The van der Waals surface area contributed by atoms with Crippen LogP contribution in [-0.4, -0.2) is 104 Å². The Morgan fingerprint density at radius 3 is 1.90 bits per heavy atom. The number of carboxylic acid groups (broad SMARTS) is 1. The molecule has 0 aliphatic carbocycles. The van der Waals surface area contributed by atoms with Gasteiger partial charge in [0.25, 0.3) is 0 Å². The van der Waals surface area contributed by atoms with Crippen molar-refractivity contribution in [2.45, 2.75) is 0 Å². The molecular weight excluding hydrogens is 276 g/mol. The van der Waals surface area contributed by atoms with E-state index in [1.807, 2.05) is 14.7 Å². The second-order valence-electron chi connectivity index (χ2n) is 5.09. The highest BCUT2D eigenvalue weighted by atomic mass is 16.4. The molecular formula is C13H24N4O4. The number of carbonyl (C=O) groups excluding carboxylic acids is 2. The van der Waals surface area contributed by atoms with Crippen molar-refractivity contribution in [2.24, 2.45) is 0 Å². The molecule has 120 valence electrons. The molecule has 1 fully saturated rings. The average Bonchev–Trinajstić information content (AvgIpc) is 2.52. The third-order valence-electron chi connectivity index (χ3n) is 3.54. The fourth-order valence-electron chi connectivity index (χ4n) is 2.26. The van der Waals surface area contributed by atoms with Gasteiger partial charge in [-0.25, -0.2) is 0 Å². The van der Waals surface area contributed by atoms with Gasteiger partial charge in [-0.2, -0.15) is 0 Å². The molecule has 1 amide bonds. The number of rotatable bonds is 6. The number of nitrogens with zero attached hydrogens (tertiary/aromatic N) is 3. The van der Waals surface area contributed by atoms with E-state index in [-0.39, 0.29) is 19.0 Å². The first kappa shape index (κ1) is 17.5. The molecule has 0 atom stereocenters. The molecule has 1 heterocycles. The van der Waals surface area contributed by atoms with Crippen molar-refractivity contribution in [3.05, 3.63) is 0 Å². The van der Waals surface area contributed by atoms with Crippen LogP contribution in [0.25, 0.3) is 0 Å². The van der Waals surface area contributed by atoms with Gasteiger partial charge in [-0.3, -0.25) is 24.3 Å². The lowest BCUT2D eigenvalue weighted by Crippen LogP contribution is -2.42. The molecule has 0 bridgehead atoms. The Hall–Kier alpha value is -1.51. The lowest BCUT2D eigenvalue weighted by Gasteiger charge is -2.24. The SMILES string of the molecule is CNC(=O)CN1CCN(CC=O)CCN(CC(=O)O)CC1. The van der Waals surface area contributed by atoms with Crippen molar-refractivity contribution in [1.29, 1.82) is 0 Å². The van der Waals surface area contributed by atoms with Crippen molar-refractivity contribution in [2.75, 3.05) is 66.0 Å². The highest BCUT2D eigenvalue weighted by Crippen LogP contribution is 2.00. The molecule has 0 unspecified atom stereocenters. The monoisotopic (exact) mass is 300 g/mol. The Morgan fingerprint density at radius 2 is 1.48 bits per heavy atom. The topological polar surface area (TPSA) is 93.2 Å². The van der Waals surface area contributed by atoms with Crippen LogP contribution in [0.15, 0.2) is 0 Å². The van der Waals surface area contributed by atoms with Crippen LogP contribution >= 0.6 is 0 Å². The maximum absolute atomic E-state index is 11.5. The number of likely N-dealkylation sites (N-methyl/N-ethyl adjacent to an activating group) is 1. The van der Waals surface area contributed by atoms with Crippen molar-refractivity contribution < 1.29 is 19.5 Å². The fraction of sp³-hybridized carbons (Fsp3) is 0.769. The number of carbonyl (C=O) groups is 3. The highest BCUT2D eigenvalue weighted by molar-refractivity contribution is 5.77. The average molecular weight is 300 g/mol. The summed E-state index contributed by atoms with van der Waals surface area (Å²) >= 11 is 0. The number of aliphatic carboxylic acids is 1. The molecule has 8 heteroatoms. The molecule has 1 aliphatic heterocycles. The normalized spacial score (nSPS) is 19.3. The van der Waals surface area contributed by atoms with Gasteiger partial charge in [0.2, 0.25) is 5.91 Å². The second kappa shape index (κ2) is 9.43. The molecule has 0 aromatic heterocycles. The minimum Gasteiger partial charge on any atom is -0.480 e. The number of hydrogen-bond donors (Lipinski definition) is 2. The van der Waals surface area contributed by atoms with E-state index < -0.39 is 5.97 Å². The maximum Gasteiger partial charge on any atom is 0.317 e. The summed E-state index contributed by atoms with van der Waals surface area (Å²) in [5, 5.41) is 11.5. The number of nitrogens with one attached hydrogen (secondary N) is 1. The molecule has 1 rings (SSSR count). The molecule has 0 aromatic carbocycles. The van der Waals surface area contributed by atoms with Gasteiger partial charge >= 0.3 is 5.97 Å². The van der Waals surface area contributed by atoms with Gasteiger partial charge in [0.1, 0.15) is 6.29 Å². The van der Waals surface area contributed by atoms with Gasteiger partial charge in [0.05, 0.1) is 19.6 Å². The summed E-state index contributed by atoms with van der Waals surface area (Å²) in [5.74, 6) is -0.935. The lowest BCUT2D eigenvalue weighted by molar-refractivity contribution is -0.138. The Labute approximate surface area is 124 Å². The highest BCUT2D eigenvalue weighted by Gasteiger charge is 2.18. The summed E-state index contributed by atoms with van der Waals surface area (Å²) in [6, 6.07) is 0. The molecule has 1 aliphatic rings. The van der Waals surface area contributed by atoms with Crippen molar-refractivity contribution in [3.8, 4) is 0 Å². The first-order valence-corrected chi connectivity index (χ1v) is 7.08. The molecule has 8 nitrogen and oxygen atoms in total. The van der Waals surface area contributed by atoms with Crippen LogP contribution in [0.4, 0.5) is 0 Å². The van der Waals surface area contributed by atoms with E-state index in [1.165, 1.54) is 0 Å². The van der Waals surface area contributed by atoms with E-state index in [1.54, 1.807) is 7.05 Å². The van der Waals surface area contributed by atoms with Crippen LogP contribution in [0.5, 0.6) is 0 Å². The van der Waals surface area contributed by atoms with Crippen LogP contribution in [0, 0.1) is 0 Å². The van der Waals surface area contributed by atoms with Gasteiger partial charge in [0.15, 0.2) is 0 Å². The van der Waals surface area contributed by atoms with Gasteiger partial charge in [-0.05, 0) is 0 Å². The van der Waals surface area contributed by atoms with E-state index in [0.29, 0.717) is 45.8 Å². The van der Waals surface area contributed by atoms with Crippen molar-refractivity contribution in [3.63, 3.8) is 0 Å². The predicted molar refractivity (Wildman–Crippen MR) is 77.1 cm³/mol. The van der Waals surface area contributed by atoms with Crippen molar-refractivity contribution >= 4 is 18.2 Å². The quantitative estimate of drug-likeness (QED) is 0.545. The molecule has 21 heavy (non-hydrogen) atoms. The minimum atomic E-state index is -0.867. The fourth-order valence-corrected chi connectivity index (χ4v) is 2.26. The number of amides is 1. The maximum atomic E-state index is 11.5.